The van der Waals surface area contributed by atoms with Gasteiger partial charge in [0.25, 0.3) is 5.91 Å². The van der Waals surface area contributed by atoms with E-state index in [0.29, 0.717) is 24.6 Å². The van der Waals surface area contributed by atoms with Crippen molar-refractivity contribution in [1.29, 1.82) is 0 Å². The molecule has 0 spiro atoms. The van der Waals surface area contributed by atoms with Crippen LogP contribution in [0.3, 0.4) is 0 Å². The van der Waals surface area contributed by atoms with Gasteiger partial charge in [-0.25, -0.2) is 9.78 Å². The maximum Gasteiger partial charge on any atom is 0.354 e. The van der Waals surface area contributed by atoms with Crippen molar-refractivity contribution in [2.45, 2.75) is 19.8 Å². The van der Waals surface area contributed by atoms with E-state index in [1.54, 1.807) is 0 Å². The third-order valence-corrected chi connectivity index (χ3v) is 3.43. The lowest BCUT2D eigenvalue weighted by atomic mass is 10.0. The molecule has 1 aromatic heterocycles. The van der Waals surface area contributed by atoms with E-state index >= 15 is 0 Å². The molecule has 0 saturated heterocycles. The van der Waals surface area contributed by atoms with Crippen molar-refractivity contribution >= 4 is 11.9 Å². The number of hydrogen-bond donors (Lipinski definition) is 2. The zero-order valence-electron chi connectivity index (χ0n) is 13.7. The van der Waals surface area contributed by atoms with E-state index in [4.69, 9.17) is 9.84 Å². The van der Waals surface area contributed by atoms with Gasteiger partial charge in [-0.15, -0.1) is 0 Å². The van der Waals surface area contributed by atoms with Crippen LogP contribution in [-0.2, 0) is 0 Å². The van der Waals surface area contributed by atoms with Crippen molar-refractivity contribution in [2.24, 2.45) is 0 Å². The second-order valence-corrected chi connectivity index (χ2v) is 5.53. The number of carboxylic acids is 1. The molecule has 0 fully saturated rings. The zero-order chi connectivity index (χ0) is 17.5. The van der Waals surface area contributed by atoms with Gasteiger partial charge in [-0.2, -0.15) is 0 Å². The van der Waals surface area contributed by atoms with E-state index in [1.165, 1.54) is 18.3 Å². The summed E-state index contributed by atoms with van der Waals surface area (Å²) in [4.78, 5) is 26.4. The van der Waals surface area contributed by atoms with Crippen molar-refractivity contribution < 1.29 is 19.4 Å². The molecular formula is C18H20N2O4. The minimum atomic E-state index is -1.13. The highest BCUT2D eigenvalue weighted by atomic mass is 16.5. The summed E-state index contributed by atoms with van der Waals surface area (Å²) in [7, 11) is 0. The largest absolute Gasteiger partial charge is 0.491 e. The number of aromatic carboxylic acids is 1. The lowest BCUT2D eigenvalue weighted by Crippen LogP contribution is -2.28. The van der Waals surface area contributed by atoms with Gasteiger partial charge in [0.05, 0.1) is 12.1 Å². The number of benzene rings is 1. The van der Waals surface area contributed by atoms with Crippen LogP contribution in [0, 0.1) is 0 Å². The first-order valence-electron chi connectivity index (χ1n) is 7.68. The summed E-state index contributed by atoms with van der Waals surface area (Å²) in [5, 5.41) is 11.5. The summed E-state index contributed by atoms with van der Waals surface area (Å²) in [6, 6.07) is 10.5. The summed E-state index contributed by atoms with van der Waals surface area (Å²) in [6.07, 6.45) is 1.24. The number of amides is 1. The molecule has 1 heterocycles. The Bertz CT molecular complexity index is 711. The molecule has 0 aliphatic heterocycles. The maximum absolute atomic E-state index is 12.0. The van der Waals surface area contributed by atoms with Crippen molar-refractivity contribution in [3.63, 3.8) is 0 Å². The lowest BCUT2D eigenvalue weighted by molar-refractivity contribution is 0.0689. The Kier molecular flexibility index (Phi) is 5.89. The third-order valence-electron chi connectivity index (χ3n) is 3.43. The summed E-state index contributed by atoms with van der Waals surface area (Å²) in [5.74, 6) is -0.275. The van der Waals surface area contributed by atoms with E-state index in [0.717, 1.165) is 11.3 Å². The maximum atomic E-state index is 12.0. The first-order valence-corrected chi connectivity index (χ1v) is 7.68. The van der Waals surface area contributed by atoms with Gasteiger partial charge in [0.1, 0.15) is 18.1 Å². The Morgan fingerprint density at radius 3 is 2.58 bits per heavy atom. The van der Waals surface area contributed by atoms with Gasteiger partial charge in [0.15, 0.2) is 0 Å². The molecule has 0 saturated carbocycles. The second kappa shape index (κ2) is 8.10. The van der Waals surface area contributed by atoms with E-state index < -0.39 is 5.97 Å². The molecule has 2 rings (SSSR count). The highest BCUT2D eigenvalue weighted by Gasteiger charge is 2.09. The van der Waals surface area contributed by atoms with Crippen molar-refractivity contribution in [3.05, 3.63) is 59.4 Å². The van der Waals surface area contributed by atoms with Crippen LogP contribution in [0.1, 0.15) is 46.2 Å². The molecule has 1 amide bonds. The third kappa shape index (κ3) is 4.55. The Hall–Kier alpha value is -2.89. The number of pyridine rings is 1. The monoisotopic (exact) mass is 328 g/mol. The fraction of sp³-hybridized carbons (Fsp3) is 0.278. The van der Waals surface area contributed by atoms with Crippen LogP contribution in [0.5, 0.6) is 5.75 Å². The van der Waals surface area contributed by atoms with Crippen LogP contribution in [0.15, 0.2) is 42.6 Å². The van der Waals surface area contributed by atoms with Gasteiger partial charge in [-0.05, 0) is 29.7 Å². The summed E-state index contributed by atoms with van der Waals surface area (Å²) in [6.45, 7) is 4.87. The highest BCUT2D eigenvalue weighted by molar-refractivity contribution is 5.94. The number of carbonyl (C=O) groups is 2. The molecule has 0 bridgehead atoms. The minimum Gasteiger partial charge on any atom is -0.491 e. The Labute approximate surface area is 140 Å². The number of nitrogens with zero attached hydrogens (tertiary/aromatic N) is 1. The molecule has 126 valence electrons. The first kappa shape index (κ1) is 17.5. The summed E-state index contributed by atoms with van der Waals surface area (Å²) in [5.41, 5.74) is 1.33. The number of carbonyl (C=O) groups excluding carboxylic acids is 1. The molecule has 0 unspecified atom stereocenters. The van der Waals surface area contributed by atoms with Crippen LogP contribution in [0.4, 0.5) is 0 Å². The standard InChI is InChI=1S/C18H20N2O4/c1-12(2)14-5-3-4-6-16(14)24-10-9-19-17(21)13-7-8-15(18(22)23)20-11-13/h3-8,11-12H,9-10H2,1-2H3,(H,19,21)(H,22,23). The fourth-order valence-electron chi connectivity index (χ4n) is 2.17. The lowest BCUT2D eigenvalue weighted by Gasteiger charge is -2.14. The minimum absolute atomic E-state index is 0.0971. The number of nitrogens with one attached hydrogen (secondary N) is 1. The van der Waals surface area contributed by atoms with Gasteiger partial charge in [-0.3, -0.25) is 4.79 Å². The smallest absolute Gasteiger partial charge is 0.354 e. The van der Waals surface area contributed by atoms with E-state index in [2.05, 4.69) is 24.1 Å². The van der Waals surface area contributed by atoms with Gasteiger partial charge in [-0.1, -0.05) is 32.0 Å². The Balaban J connectivity index is 1.84. The fourth-order valence-corrected chi connectivity index (χ4v) is 2.17. The Morgan fingerprint density at radius 2 is 1.96 bits per heavy atom. The van der Waals surface area contributed by atoms with Crippen LogP contribution >= 0.6 is 0 Å². The van der Waals surface area contributed by atoms with Crippen molar-refractivity contribution in [1.82, 2.24) is 10.3 Å². The van der Waals surface area contributed by atoms with Gasteiger partial charge >= 0.3 is 5.97 Å². The normalized spacial score (nSPS) is 10.5. The number of aromatic nitrogens is 1. The number of ether oxygens (including phenoxy) is 1. The number of para-hydroxylation sites is 1. The van der Waals surface area contributed by atoms with Crippen LogP contribution in [-0.4, -0.2) is 35.1 Å². The molecule has 6 heteroatoms. The van der Waals surface area contributed by atoms with Crippen LogP contribution in [0.2, 0.25) is 0 Å². The molecule has 2 aromatic rings. The van der Waals surface area contributed by atoms with E-state index in [9.17, 15) is 9.59 Å². The van der Waals surface area contributed by atoms with Crippen LogP contribution in [0.25, 0.3) is 0 Å². The molecule has 2 N–H and O–H groups in total. The van der Waals surface area contributed by atoms with Crippen molar-refractivity contribution in [2.75, 3.05) is 13.2 Å². The topological polar surface area (TPSA) is 88.5 Å². The summed E-state index contributed by atoms with van der Waals surface area (Å²) < 4.78 is 5.73. The van der Waals surface area contributed by atoms with Crippen molar-refractivity contribution in [3.8, 4) is 5.75 Å². The zero-order valence-corrected chi connectivity index (χ0v) is 13.7. The second-order valence-electron chi connectivity index (χ2n) is 5.53. The Morgan fingerprint density at radius 1 is 1.21 bits per heavy atom. The predicted molar refractivity (Wildman–Crippen MR) is 89.6 cm³/mol. The molecule has 24 heavy (non-hydrogen) atoms. The molecule has 0 radical (unpaired) electrons. The quantitative estimate of drug-likeness (QED) is 0.763. The van der Waals surface area contributed by atoms with E-state index in [-0.39, 0.29) is 11.6 Å². The van der Waals surface area contributed by atoms with Gasteiger partial charge in [0.2, 0.25) is 0 Å². The predicted octanol–water partition coefficient (Wildman–Crippen LogP) is 2.71. The first-order chi connectivity index (χ1) is 11.5. The molecule has 0 aliphatic rings. The number of hydrogen-bond acceptors (Lipinski definition) is 4. The number of rotatable bonds is 7. The average Bonchev–Trinajstić information content (AvgIpc) is 2.58. The SMILES string of the molecule is CC(C)c1ccccc1OCCNC(=O)c1ccc(C(=O)O)nc1. The molecule has 0 aliphatic carbocycles. The molecule has 6 nitrogen and oxygen atoms in total. The van der Waals surface area contributed by atoms with Gasteiger partial charge in [0, 0.05) is 6.20 Å². The van der Waals surface area contributed by atoms with Gasteiger partial charge < -0.3 is 15.2 Å². The molecule has 1 aromatic carbocycles. The number of carboxylic acid groups (broad SMARTS) is 1. The van der Waals surface area contributed by atoms with E-state index in [1.807, 2.05) is 24.3 Å². The molecular weight excluding hydrogens is 308 g/mol. The average molecular weight is 328 g/mol. The summed E-state index contributed by atoms with van der Waals surface area (Å²) >= 11 is 0. The van der Waals surface area contributed by atoms with Crippen LogP contribution < -0.4 is 10.1 Å². The molecule has 0 atom stereocenters. The highest BCUT2D eigenvalue weighted by Crippen LogP contribution is 2.25.